The van der Waals surface area contributed by atoms with Gasteiger partial charge in [-0.1, -0.05) is 72.9 Å². The number of benzene rings is 2. The Hall–Kier alpha value is -1.71. The maximum Gasteiger partial charge on any atom is 0.101 e. The summed E-state index contributed by atoms with van der Waals surface area (Å²) in [5, 5.41) is 8.89. The van der Waals surface area contributed by atoms with Crippen molar-refractivity contribution < 1.29 is 5.21 Å². The van der Waals surface area contributed by atoms with Gasteiger partial charge in [-0.25, -0.2) is 0 Å². The van der Waals surface area contributed by atoms with Gasteiger partial charge in [0.25, 0.3) is 0 Å². The van der Waals surface area contributed by atoms with Crippen molar-refractivity contribution in [1.29, 1.82) is 0 Å². The first kappa shape index (κ1) is 12.7. The molecule has 18 heavy (non-hydrogen) atoms. The molecule has 0 unspecified atom stereocenters. The van der Waals surface area contributed by atoms with Gasteiger partial charge in [0.1, 0.15) is 4.99 Å². The quantitative estimate of drug-likeness (QED) is 0.649. The Morgan fingerprint density at radius 3 is 1.78 bits per heavy atom. The van der Waals surface area contributed by atoms with Crippen LogP contribution in [-0.2, 0) is 0 Å². The van der Waals surface area contributed by atoms with Gasteiger partial charge in [-0.2, -0.15) is 0 Å². The second-order valence-electron chi connectivity index (χ2n) is 4.11. The van der Waals surface area contributed by atoms with Crippen LogP contribution in [0.2, 0.25) is 0 Å². The molecule has 2 N–H and O–H groups in total. The van der Waals surface area contributed by atoms with E-state index in [9.17, 15) is 0 Å². The minimum absolute atomic E-state index is 0.166. The van der Waals surface area contributed by atoms with Crippen molar-refractivity contribution >= 4 is 17.2 Å². The molecule has 3 heteroatoms. The van der Waals surface area contributed by atoms with Crippen molar-refractivity contribution in [2.75, 3.05) is 0 Å². The van der Waals surface area contributed by atoms with Crippen LogP contribution in [0.25, 0.3) is 0 Å². The first-order valence-electron chi connectivity index (χ1n) is 5.84. The van der Waals surface area contributed by atoms with E-state index < -0.39 is 0 Å². The molecule has 2 aromatic rings. The van der Waals surface area contributed by atoms with Crippen molar-refractivity contribution in [2.45, 2.75) is 12.3 Å². The highest BCUT2D eigenvalue weighted by Gasteiger charge is 2.15. The zero-order valence-corrected chi connectivity index (χ0v) is 10.7. The van der Waals surface area contributed by atoms with Crippen LogP contribution in [0.5, 0.6) is 0 Å². The summed E-state index contributed by atoms with van der Waals surface area (Å²) in [5.41, 5.74) is 4.46. The van der Waals surface area contributed by atoms with E-state index in [1.807, 2.05) is 36.4 Å². The molecule has 0 spiro atoms. The molecule has 0 saturated heterocycles. The summed E-state index contributed by atoms with van der Waals surface area (Å²) in [7, 11) is 0. The first-order valence-corrected chi connectivity index (χ1v) is 6.25. The minimum Gasteiger partial charge on any atom is -0.291 e. The summed E-state index contributed by atoms with van der Waals surface area (Å²) < 4.78 is 0. The Morgan fingerprint density at radius 1 is 0.944 bits per heavy atom. The number of thiocarbonyl (C=S) groups is 1. The van der Waals surface area contributed by atoms with Crippen LogP contribution in [0.3, 0.4) is 0 Å². The van der Waals surface area contributed by atoms with Crippen LogP contribution in [0.15, 0.2) is 60.7 Å². The Labute approximate surface area is 112 Å². The van der Waals surface area contributed by atoms with Gasteiger partial charge >= 0.3 is 0 Å². The molecule has 0 aliphatic rings. The van der Waals surface area contributed by atoms with E-state index in [-0.39, 0.29) is 5.92 Å². The standard InChI is InChI=1S/C15H15NOS/c17-16-15(18)11-14(12-7-3-1-4-8-12)13-9-5-2-6-10-13/h1-10,14,17H,11H2,(H,16,18). The van der Waals surface area contributed by atoms with Crippen LogP contribution >= 0.6 is 12.2 Å². The van der Waals surface area contributed by atoms with Crippen molar-refractivity contribution in [3.05, 3.63) is 71.8 Å². The third-order valence-corrected chi connectivity index (χ3v) is 3.18. The van der Waals surface area contributed by atoms with Gasteiger partial charge in [-0.3, -0.25) is 10.7 Å². The maximum atomic E-state index is 8.89. The Kier molecular flexibility index (Phi) is 4.45. The average Bonchev–Trinajstić information content (AvgIpc) is 2.46. The maximum absolute atomic E-state index is 8.89. The topological polar surface area (TPSA) is 32.3 Å². The molecule has 0 aliphatic carbocycles. The second-order valence-corrected chi connectivity index (χ2v) is 4.61. The van der Waals surface area contributed by atoms with E-state index in [1.54, 1.807) is 0 Å². The number of rotatable bonds is 4. The zero-order valence-electron chi connectivity index (χ0n) is 9.91. The van der Waals surface area contributed by atoms with E-state index in [4.69, 9.17) is 17.4 Å². The molecule has 0 atom stereocenters. The molecule has 2 nitrogen and oxygen atoms in total. The fourth-order valence-corrected chi connectivity index (χ4v) is 2.20. The normalized spacial score (nSPS) is 10.3. The Bertz CT molecular complexity index is 459. The van der Waals surface area contributed by atoms with Crippen molar-refractivity contribution in [3.63, 3.8) is 0 Å². The molecular formula is C15H15NOS. The van der Waals surface area contributed by atoms with Gasteiger partial charge in [0.15, 0.2) is 0 Å². The predicted molar refractivity (Wildman–Crippen MR) is 76.9 cm³/mol. The van der Waals surface area contributed by atoms with Gasteiger partial charge in [-0.05, 0) is 11.1 Å². The van der Waals surface area contributed by atoms with E-state index in [0.29, 0.717) is 11.4 Å². The smallest absolute Gasteiger partial charge is 0.101 e. The molecule has 0 radical (unpaired) electrons. The second kappa shape index (κ2) is 6.28. The largest absolute Gasteiger partial charge is 0.291 e. The lowest BCUT2D eigenvalue weighted by Gasteiger charge is -2.18. The van der Waals surface area contributed by atoms with Crippen molar-refractivity contribution in [3.8, 4) is 0 Å². The number of hydrogen-bond donors (Lipinski definition) is 2. The SMILES string of the molecule is ONC(=S)CC(c1ccccc1)c1ccccc1. The lowest BCUT2D eigenvalue weighted by Crippen LogP contribution is -2.19. The molecule has 92 valence electrons. The van der Waals surface area contributed by atoms with Gasteiger partial charge in [0.05, 0.1) is 0 Å². The van der Waals surface area contributed by atoms with E-state index >= 15 is 0 Å². The first-order chi connectivity index (χ1) is 8.81. The molecule has 0 aromatic heterocycles. The van der Waals surface area contributed by atoms with Gasteiger partial charge in [0, 0.05) is 12.3 Å². The van der Waals surface area contributed by atoms with Crippen LogP contribution in [-0.4, -0.2) is 10.2 Å². The lowest BCUT2D eigenvalue weighted by molar-refractivity contribution is 0.234. The van der Waals surface area contributed by atoms with E-state index in [2.05, 4.69) is 29.7 Å². The van der Waals surface area contributed by atoms with Crippen LogP contribution in [0, 0.1) is 0 Å². The van der Waals surface area contributed by atoms with Crippen molar-refractivity contribution in [1.82, 2.24) is 5.48 Å². The molecule has 0 amide bonds. The molecule has 0 saturated carbocycles. The monoisotopic (exact) mass is 257 g/mol. The molecule has 0 heterocycles. The summed E-state index contributed by atoms with van der Waals surface area (Å²) in [5.74, 6) is 0.166. The summed E-state index contributed by atoms with van der Waals surface area (Å²) in [4.78, 5) is 0.452. The van der Waals surface area contributed by atoms with Crippen LogP contribution in [0.4, 0.5) is 0 Å². The van der Waals surface area contributed by atoms with Crippen LogP contribution in [0.1, 0.15) is 23.5 Å². The van der Waals surface area contributed by atoms with Crippen molar-refractivity contribution in [2.24, 2.45) is 0 Å². The molecule has 0 fully saturated rings. The highest BCUT2D eigenvalue weighted by Crippen LogP contribution is 2.27. The Balaban J connectivity index is 2.32. The summed E-state index contributed by atoms with van der Waals surface area (Å²) >= 11 is 5.07. The number of hydrogen-bond acceptors (Lipinski definition) is 2. The molecule has 0 bridgehead atoms. The summed E-state index contributed by atoms with van der Waals surface area (Å²) in [6, 6.07) is 20.4. The number of nitrogens with one attached hydrogen (secondary N) is 1. The van der Waals surface area contributed by atoms with Gasteiger partial charge in [0.2, 0.25) is 0 Å². The van der Waals surface area contributed by atoms with Crippen LogP contribution < -0.4 is 5.48 Å². The highest BCUT2D eigenvalue weighted by atomic mass is 32.1. The third-order valence-electron chi connectivity index (χ3n) is 2.92. The van der Waals surface area contributed by atoms with Gasteiger partial charge in [-0.15, -0.1) is 0 Å². The average molecular weight is 257 g/mol. The zero-order chi connectivity index (χ0) is 12.8. The Morgan fingerprint density at radius 2 is 1.39 bits per heavy atom. The highest BCUT2D eigenvalue weighted by molar-refractivity contribution is 7.80. The fraction of sp³-hybridized carbons (Fsp3) is 0.133. The molecule has 2 rings (SSSR count). The minimum atomic E-state index is 0.166. The summed E-state index contributed by atoms with van der Waals surface area (Å²) in [6.45, 7) is 0. The third kappa shape index (κ3) is 3.15. The van der Waals surface area contributed by atoms with E-state index in [1.165, 1.54) is 11.1 Å². The molecule has 0 aliphatic heterocycles. The van der Waals surface area contributed by atoms with E-state index in [0.717, 1.165) is 0 Å². The summed E-state index contributed by atoms with van der Waals surface area (Å²) in [6.07, 6.45) is 0.597. The lowest BCUT2D eigenvalue weighted by atomic mass is 9.88. The van der Waals surface area contributed by atoms with Gasteiger partial charge < -0.3 is 0 Å². The number of hydroxylamine groups is 1. The molecular weight excluding hydrogens is 242 g/mol. The predicted octanol–water partition coefficient (Wildman–Crippen LogP) is 3.51. The molecule has 2 aromatic carbocycles. The fourth-order valence-electron chi connectivity index (χ4n) is 2.03.